The highest BCUT2D eigenvalue weighted by atomic mass is 16.5. The normalized spacial score (nSPS) is 16.9. The molecule has 2 N–H and O–H groups in total. The van der Waals surface area contributed by atoms with Crippen LogP contribution in [0, 0.1) is 5.92 Å². The second-order valence-corrected chi connectivity index (χ2v) is 7.96. The van der Waals surface area contributed by atoms with Gasteiger partial charge in [0, 0.05) is 52.1 Å². The Morgan fingerprint density at radius 1 is 1.21 bits per heavy atom. The Bertz CT molecular complexity index is 613. The molecule has 2 heterocycles. The van der Waals surface area contributed by atoms with Crippen LogP contribution in [-0.2, 0) is 11.3 Å². The van der Waals surface area contributed by atoms with Gasteiger partial charge in [-0.25, -0.2) is 9.98 Å². The number of likely N-dealkylation sites (N-methyl/N-ethyl adjacent to an activating group) is 1. The number of pyridine rings is 1. The van der Waals surface area contributed by atoms with Gasteiger partial charge >= 0.3 is 0 Å². The van der Waals surface area contributed by atoms with Gasteiger partial charge in [0.1, 0.15) is 5.82 Å². The fraction of sp³-hybridized carbons (Fsp3) is 0.727. The molecule has 0 amide bonds. The minimum absolute atomic E-state index is 0.279. The van der Waals surface area contributed by atoms with Crippen LogP contribution >= 0.6 is 0 Å². The third-order valence-corrected chi connectivity index (χ3v) is 5.25. The van der Waals surface area contributed by atoms with Gasteiger partial charge in [0.15, 0.2) is 5.96 Å². The summed E-state index contributed by atoms with van der Waals surface area (Å²) in [6.45, 7) is 15.9. The fourth-order valence-electron chi connectivity index (χ4n) is 3.44. The number of guanidine groups is 1. The van der Waals surface area contributed by atoms with Crippen molar-refractivity contribution in [1.29, 1.82) is 0 Å². The van der Waals surface area contributed by atoms with Gasteiger partial charge < -0.3 is 25.2 Å². The molecule has 29 heavy (non-hydrogen) atoms. The average Bonchev–Trinajstić information content (AvgIpc) is 2.72. The standard InChI is InChI=1S/C22H40N6O/c1-6-23-22(25-11-9-20(18(3)4)29-7-2)26-17-19-8-10-24-21(16-19)28-14-12-27(5)13-15-28/h8,10,16,18,20H,6-7,9,11-15,17H2,1-5H3,(H2,23,25,26). The summed E-state index contributed by atoms with van der Waals surface area (Å²) < 4.78 is 5.84. The monoisotopic (exact) mass is 404 g/mol. The van der Waals surface area contributed by atoms with Gasteiger partial charge in [-0.1, -0.05) is 13.8 Å². The molecular weight excluding hydrogens is 364 g/mol. The van der Waals surface area contributed by atoms with E-state index in [1.54, 1.807) is 0 Å². The first-order chi connectivity index (χ1) is 14.0. The highest BCUT2D eigenvalue weighted by Gasteiger charge is 2.15. The third-order valence-electron chi connectivity index (χ3n) is 5.25. The summed E-state index contributed by atoms with van der Waals surface area (Å²) in [5.74, 6) is 2.42. The number of nitrogens with zero attached hydrogens (tertiary/aromatic N) is 4. The van der Waals surface area contributed by atoms with E-state index in [1.807, 2.05) is 6.20 Å². The molecule has 1 atom stereocenters. The molecule has 0 saturated carbocycles. The van der Waals surface area contributed by atoms with Gasteiger partial charge in [0.05, 0.1) is 12.6 Å². The van der Waals surface area contributed by atoms with Gasteiger partial charge in [0.25, 0.3) is 0 Å². The highest BCUT2D eigenvalue weighted by Crippen LogP contribution is 2.15. The molecule has 7 heteroatoms. The molecule has 1 aliphatic heterocycles. The van der Waals surface area contributed by atoms with Crippen LogP contribution in [0.2, 0.25) is 0 Å². The number of rotatable bonds is 10. The van der Waals surface area contributed by atoms with E-state index < -0.39 is 0 Å². The molecule has 1 unspecified atom stereocenters. The summed E-state index contributed by atoms with van der Waals surface area (Å²) in [4.78, 5) is 14.1. The Hall–Kier alpha value is -1.86. The van der Waals surface area contributed by atoms with Crippen LogP contribution in [0.25, 0.3) is 0 Å². The Kier molecular flexibility index (Phi) is 10.2. The number of nitrogens with one attached hydrogen (secondary N) is 2. The van der Waals surface area contributed by atoms with Crippen molar-refractivity contribution in [3.05, 3.63) is 23.9 Å². The first-order valence-electron chi connectivity index (χ1n) is 11.1. The number of hydrogen-bond acceptors (Lipinski definition) is 5. The fourth-order valence-corrected chi connectivity index (χ4v) is 3.44. The zero-order valence-corrected chi connectivity index (χ0v) is 18.9. The second-order valence-electron chi connectivity index (χ2n) is 7.96. The maximum absolute atomic E-state index is 5.84. The van der Waals surface area contributed by atoms with Crippen molar-refractivity contribution in [3.63, 3.8) is 0 Å². The maximum Gasteiger partial charge on any atom is 0.191 e. The lowest BCUT2D eigenvalue weighted by molar-refractivity contribution is 0.0258. The molecule has 1 aromatic heterocycles. The lowest BCUT2D eigenvalue weighted by Gasteiger charge is -2.33. The van der Waals surface area contributed by atoms with Gasteiger partial charge in [-0.15, -0.1) is 0 Å². The summed E-state index contributed by atoms with van der Waals surface area (Å²) >= 11 is 0. The lowest BCUT2D eigenvalue weighted by atomic mass is 10.0. The van der Waals surface area contributed by atoms with Crippen molar-refractivity contribution in [2.75, 3.05) is 57.8 Å². The molecule has 1 fully saturated rings. The Labute approximate surface area is 176 Å². The van der Waals surface area contributed by atoms with Gasteiger partial charge in [-0.2, -0.15) is 0 Å². The molecule has 1 aliphatic rings. The van der Waals surface area contributed by atoms with Crippen molar-refractivity contribution in [1.82, 2.24) is 20.5 Å². The van der Waals surface area contributed by atoms with Crippen molar-refractivity contribution in [2.24, 2.45) is 10.9 Å². The highest BCUT2D eigenvalue weighted by molar-refractivity contribution is 5.79. The first kappa shape index (κ1) is 23.4. The smallest absolute Gasteiger partial charge is 0.191 e. The van der Waals surface area contributed by atoms with E-state index in [-0.39, 0.29) is 6.10 Å². The minimum atomic E-state index is 0.279. The maximum atomic E-state index is 5.84. The summed E-state index contributed by atoms with van der Waals surface area (Å²) in [7, 11) is 2.17. The van der Waals surface area contributed by atoms with Crippen LogP contribution < -0.4 is 15.5 Å². The van der Waals surface area contributed by atoms with Crippen LogP contribution in [-0.4, -0.2) is 74.9 Å². The lowest BCUT2D eigenvalue weighted by Crippen LogP contribution is -2.44. The first-order valence-corrected chi connectivity index (χ1v) is 11.1. The molecule has 1 saturated heterocycles. The van der Waals surface area contributed by atoms with Crippen LogP contribution in [0.3, 0.4) is 0 Å². The minimum Gasteiger partial charge on any atom is -0.378 e. The van der Waals surface area contributed by atoms with Crippen molar-refractivity contribution >= 4 is 11.8 Å². The Morgan fingerprint density at radius 2 is 1.97 bits per heavy atom. The molecule has 0 radical (unpaired) electrons. The quantitative estimate of drug-likeness (QED) is 0.461. The molecule has 164 valence electrons. The number of aliphatic imine (C=N–C) groups is 1. The summed E-state index contributed by atoms with van der Waals surface area (Å²) in [5.41, 5.74) is 1.18. The SMILES string of the molecule is CCNC(=NCc1ccnc(N2CCN(C)CC2)c1)NCCC(OCC)C(C)C. The summed E-state index contributed by atoms with van der Waals surface area (Å²) in [6, 6.07) is 4.22. The molecule has 0 aliphatic carbocycles. The van der Waals surface area contributed by atoms with Gasteiger partial charge in [-0.05, 0) is 50.9 Å². The van der Waals surface area contributed by atoms with Gasteiger partial charge in [-0.3, -0.25) is 0 Å². The topological polar surface area (TPSA) is 65.0 Å². The second kappa shape index (κ2) is 12.6. The van der Waals surface area contributed by atoms with E-state index in [4.69, 9.17) is 9.73 Å². The molecule has 0 spiro atoms. The Balaban J connectivity index is 1.91. The molecule has 0 bridgehead atoms. The molecule has 2 rings (SSSR count). The van der Waals surface area contributed by atoms with Crippen LogP contribution in [0.4, 0.5) is 5.82 Å². The predicted molar refractivity (Wildman–Crippen MR) is 122 cm³/mol. The van der Waals surface area contributed by atoms with Crippen molar-refractivity contribution in [2.45, 2.75) is 46.8 Å². The number of hydrogen-bond donors (Lipinski definition) is 2. The Morgan fingerprint density at radius 3 is 2.62 bits per heavy atom. The third kappa shape index (κ3) is 8.19. The number of piperazine rings is 1. The zero-order valence-electron chi connectivity index (χ0n) is 18.9. The van der Waals surface area contributed by atoms with E-state index in [0.29, 0.717) is 12.5 Å². The zero-order chi connectivity index (χ0) is 21.1. The van der Waals surface area contributed by atoms with Crippen LogP contribution in [0.5, 0.6) is 0 Å². The van der Waals surface area contributed by atoms with Gasteiger partial charge in [0.2, 0.25) is 0 Å². The largest absolute Gasteiger partial charge is 0.378 e. The van der Waals surface area contributed by atoms with E-state index in [2.05, 4.69) is 72.3 Å². The summed E-state index contributed by atoms with van der Waals surface area (Å²) in [5, 5.41) is 6.78. The molecule has 7 nitrogen and oxygen atoms in total. The number of anilines is 1. The number of ether oxygens (including phenoxy) is 1. The molecule has 0 aromatic carbocycles. The average molecular weight is 405 g/mol. The van der Waals surface area contributed by atoms with E-state index in [0.717, 1.165) is 64.1 Å². The van der Waals surface area contributed by atoms with Crippen molar-refractivity contribution in [3.8, 4) is 0 Å². The number of aromatic nitrogens is 1. The van der Waals surface area contributed by atoms with Crippen LogP contribution in [0.15, 0.2) is 23.3 Å². The van der Waals surface area contributed by atoms with E-state index >= 15 is 0 Å². The predicted octanol–water partition coefficient (Wildman–Crippen LogP) is 2.34. The van der Waals surface area contributed by atoms with Crippen LogP contribution in [0.1, 0.15) is 39.7 Å². The van der Waals surface area contributed by atoms with E-state index in [1.165, 1.54) is 5.56 Å². The van der Waals surface area contributed by atoms with E-state index in [9.17, 15) is 0 Å². The summed E-state index contributed by atoms with van der Waals surface area (Å²) in [6.07, 6.45) is 3.15. The van der Waals surface area contributed by atoms with Crippen molar-refractivity contribution < 1.29 is 4.74 Å². The molecule has 1 aromatic rings. The molecular formula is C22H40N6O.